The minimum atomic E-state index is -6.31. The summed E-state index contributed by atoms with van der Waals surface area (Å²) in [6, 6.07) is 14.5. The van der Waals surface area contributed by atoms with Crippen LogP contribution in [0.25, 0.3) is 0 Å². The van der Waals surface area contributed by atoms with E-state index in [1.807, 2.05) is 12.1 Å². The number of aryl methyl sites for hydroxylation is 1. The maximum atomic E-state index is 14.6. The van der Waals surface area contributed by atoms with Crippen molar-refractivity contribution in [1.82, 2.24) is 4.90 Å². The van der Waals surface area contributed by atoms with Gasteiger partial charge in [0.1, 0.15) is 10.6 Å². The van der Waals surface area contributed by atoms with Crippen LogP contribution in [-0.2, 0) is 26.8 Å². The Bertz CT molecular complexity index is 1420. The average molecular weight is 578 g/mol. The molecule has 0 aliphatic carbocycles. The van der Waals surface area contributed by atoms with Crippen LogP contribution in [0, 0.1) is 12.7 Å². The van der Waals surface area contributed by atoms with E-state index in [4.69, 9.17) is 0 Å². The first-order valence-corrected chi connectivity index (χ1v) is 13.2. The summed E-state index contributed by atoms with van der Waals surface area (Å²) in [5, 5.41) is 0. The predicted octanol–water partition coefficient (Wildman–Crippen LogP) is 7.00. The molecule has 210 valence electrons. The van der Waals surface area contributed by atoms with Crippen LogP contribution in [0.4, 0.5) is 35.1 Å². The van der Waals surface area contributed by atoms with Gasteiger partial charge < -0.3 is 0 Å². The Labute approximate surface area is 220 Å². The van der Waals surface area contributed by atoms with Crippen molar-refractivity contribution in [1.29, 1.82) is 0 Å². The Balaban J connectivity index is 1.82. The Morgan fingerprint density at radius 1 is 0.846 bits per heavy atom. The lowest BCUT2D eigenvalue weighted by Crippen LogP contribution is -2.50. The Morgan fingerprint density at radius 2 is 1.44 bits per heavy atom. The van der Waals surface area contributed by atoms with Gasteiger partial charge in [0.25, 0.3) is 0 Å². The standard InChI is InChI=1S/C27H23F8NO2S/c1-18-7-12-22(15-23(18)28)39(37,38)24(13-14-36(17-24)16-19-5-3-2-4-6-19)20-8-10-21(11-9-20)25(29,26(30,31)32)27(33,34)35/h2-12,15H,13-14,16-17H2,1H3/t24-/m0/s1. The molecule has 12 heteroatoms. The highest BCUT2D eigenvalue weighted by Gasteiger charge is 2.73. The second-order valence-electron chi connectivity index (χ2n) is 9.59. The van der Waals surface area contributed by atoms with E-state index in [-0.39, 0.29) is 35.5 Å². The summed E-state index contributed by atoms with van der Waals surface area (Å²) in [5.41, 5.74) is -6.48. The number of rotatable bonds is 6. The quantitative estimate of drug-likeness (QED) is 0.296. The summed E-state index contributed by atoms with van der Waals surface area (Å²) in [6.07, 6.45) is -12.7. The van der Waals surface area contributed by atoms with Crippen molar-refractivity contribution in [2.75, 3.05) is 13.1 Å². The van der Waals surface area contributed by atoms with Crippen LogP contribution in [0.1, 0.15) is 28.7 Å². The fourth-order valence-corrected chi connectivity index (χ4v) is 7.02. The van der Waals surface area contributed by atoms with Crippen molar-refractivity contribution >= 4 is 9.84 Å². The topological polar surface area (TPSA) is 37.4 Å². The zero-order chi connectivity index (χ0) is 28.9. The number of hydrogen-bond acceptors (Lipinski definition) is 3. The number of benzene rings is 3. The van der Waals surface area contributed by atoms with Gasteiger partial charge in [0.15, 0.2) is 9.84 Å². The third-order valence-corrected chi connectivity index (χ3v) is 9.59. The lowest BCUT2D eigenvalue weighted by atomic mass is 9.90. The zero-order valence-corrected chi connectivity index (χ0v) is 21.3. The summed E-state index contributed by atoms with van der Waals surface area (Å²) in [5.74, 6) is -0.793. The van der Waals surface area contributed by atoms with E-state index >= 15 is 0 Å². The van der Waals surface area contributed by atoms with E-state index in [9.17, 15) is 43.5 Å². The second kappa shape index (κ2) is 9.88. The molecule has 0 saturated carbocycles. The zero-order valence-electron chi connectivity index (χ0n) is 20.5. The van der Waals surface area contributed by atoms with Crippen LogP contribution in [0.5, 0.6) is 0 Å². The van der Waals surface area contributed by atoms with E-state index in [2.05, 4.69) is 0 Å². The number of alkyl halides is 7. The fraction of sp³-hybridized carbons (Fsp3) is 0.333. The highest BCUT2D eigenvalue weighted by Crippen LogP contribution is 2.54. The maximum Gasteiger partial charge on any atom is 0.435 e. The molecule has 3 aromatic carbocycles. The molecule has 0 spiro atoms. The largest absolute Gasteiger partial charge is 0.435 e. The molecule has 3 aromatic rings. The molecular formula is C27H23F8NO2S. The van der Waals surface area contributed by atoms with Gasteiger partial charge in [-0.15, -0.1) is 0 Å². The van der Waals surface area contributed by atoms with Gasteiger partial charge in [-0.2, -0.15) is 26.3 Å². The summed E-state index contributed by atoms with van der Waals surface area (Å²) in [6.45, 7) is 1.77. The Kier molecular flexibility index (Phi) is 7.35. The van der Waals surface area contributed by atoms with Gasteiger partial charge in [-0.3, -0.25) is 4.90 Å². The van der Waals surface area contributed by atoms with E-state index in [0.717, 1.165) is 23.8 Å². The normalized spacial score (nSPS) is 19.4. The third-order valence-electron chi connectivity index (χ3n) is 7.12. The fourth-order valence-electron chi connectivity index (χ4n) is 4.90. The number of likely N-dealkylation sites (tertiary alicyclic amines) is 1. The summed E-state index contributed by atoms with van der Waals surface area (Å²) in [7, 11) is -4.44. The molecule has 1 fully saturated rings. The summed E-state index contributed by atoms with van der Waals surface area (Å²) >= 11 is 0. The molecule has 0 aromatic heterocycles. The summed E-state index contributed by atoms with van der Waals surface area (Å²) in [4.78, 5) is 1.39. The minimum absolute atomic E-state index is 0.0870. The first kappa shape index (κ1) is 29.0. The van der Waals surface area contributed by atoms with Gasteiger partial charge in [-0.25, -0.2) is 17.2 Å². The van der Waals surface area contributed by atoms with Gasteiger partial charge >= 0.3 is 18.0 Å². The van der Waals surface area contributed by atoms with Crippen molar-refractivity contribution in [2.24, 2.45) is 0 Å². The van der Waals surface area contributed by atoms with Crippen LogP contribution in [0.15, 0.2) is 77.7 Å². The molecule has 1 aliphatic heterocycles. The third kappa shape index (κ3) is 4.93. The van der Waals surface area contributed by atoms with Crippen LogP contribution in [0.2, 0.25) is 0 Å². The average Bonchev–Trinajstić information content (AvgIpc) is 3.30. The van der Waals surface area contributed by atoms with Crippen molar-refractivity contribution < 1.29 is 43.5 Å². The molecule has 39 heavy (non-hydrogen) atoms. The van der Waals surface area contributed by atoms with Crippen molar-refractivity contribution in [3.63, 3.8) is 0 Å². The molecule has 4 rings (SSSR count). The van der Waals surface area contributed by atoms with Crippen molar-refractivity contribution in [3.05, 3.63) is 101 Å². The monoisotopic (exact) mass is 577 g/mol. The number of hydrogen-bond donors (Lipinski definition) is 0. The lowest BCUT2D eigenvalue weighted by Gasteiger charge is -2.32. The van der Waals surface area contributed by atoms with E-state index in [1.54, 1.807) is 23.1 Å². The van der Waals surface area contributed by atoms with E-state index in [1.165, 1.54) is 19.1 Å². The molecule has 0 N–H and O–H groups in total. The molecule has 1 aliphatic rings. The first-order valence-electron chi connectivity index (χ1n) is 11.7. The maximum absolute atomic E-state index is 14.6. The van der Waals surface area contributed by atoms with Crippen LogP contribution in [0.3, 0.4) is 0 Å². The first-order chi connectivity index (χ1) is 18.0. The minimum Gasteiger partial charge on any atom is -0.297 e. The molecule has 0 unspecified atom stereocenters. The molecule has 0 bridgehead atoms. The molecule has 3 nitrogen and oxygen atoms in total. The molecule has 1 atom stereocenters. The van der Waals surface area contributed by atoms with Gasteiger partial charge in [0.2, 0.25) is 0 Å². The molecular weight excluding hydrogens is 554 g/mol. The smallest absolute Gasteiger partial charge is 0.297 e. The van der Waals surface area contributed by atoms with Crippen molar-refractivity contribution in [3.8, 4) is 0 Å². The van der Waals surface area contributed by atoms with Gasteiger partial charge in [-0.1, -0.05) is 60.7 Å². The van der Waals surface area contributed by atoms with Gasteiger partial charge in [0, 0.05) is 25.2 Å². The van der Waals surface area contributed by atoms with Crippen LogP contribution < -0.4 is 0 Å². The van der Waals surface area contributed by atoms with Crippen LogP contribution in [-0.4, -0.2) is 38.8 Å². The molecule has 0 radical (unpaired) electrons. The molecule has 1 saturated heterocycles. The van der Waals surface area contributed by atoms with Crippen LogP contribution >= 0.6 is 0 Å². The predicted molar refractivity (Wildman–Crippen MR) is 128 cm³/mol. The number of nitrogens with zero attached hydrogens (tertiary/aromatic N) is 1. The van der Waals surface area contributed by atoms with E-state index < -0.39 is 44.0 Å². The highest BCUT2D eigenvalue weighted by molar-refractivity contribution is 7.92. The molecule has 0 amide bonds. The Morgan fingerprint density at radius 3 is 1.97 bits per heavy atom. The van der Waals surface area contributed by atoms with Gasteiger partial charge in [0.05, 0.1) is 4.90 Å². The Hall–Kier alpha value is -2.99. The summed E-state index contributed by atoms with van der Waals surface area (Å²) < 4.78 is 135. The van der Waals surface area contributed by atoms with E-state index in [0.29, 0.717) is 18.7 Å². The second-order valence-corrected chi connectivity index (χ2v) is 11.8. The van der Waals surface area contributed by atoms with Crippen molar-refractivity contribution in [2.45, 2.75) is 47.6 Å². The number of sulfone groups is 1. The SMILES string of the molecule is Cc1ccc(S(=O)(=O)[C@@]2(c3ccc(C(F)(C(F)(F)F)C(F)(F)F)cc3)CCN(Cc3ccccc3)C2)cc1F. The molecule has 1 heterocycles. The lowest BCUT2D eigenvalue weighted by molar-refractivity contribution is -0.348. The highest BCUT2D eigenvalue weighted by atomic mass is 32.2. The number of halogens is 8. The van der Waals surface area contributed by atoms with Gasteiger partial charge in [-0.05, 0) is 42.2 Å².